The average molecular weight is 547 g/mol. The minimum atomic E-state index is -1.00. The molecule has 0 saturated carbocycles. The highest BCUT2D eigenvalue weighted by molar-refractivity contribution is 6.00. The average Bonchev–Trinajstić information content (AvgIpc) is 2.92. The molecule has 0 fully saturated rings. The second kappa shape index (κ2) is 14.4. The minimum absolute atomic E-state index is 0.0343. The zero-order valence-corrected chi connectivity index (χ0v) is 22.5. The van der Waals surface area contributed by atoms with Gasteiger partial charge in [0.25, 0.3) is 0 Å². The fourth-order valence-electron chi connectivity index (χ4n) is 4.04. The first-order valence-corrected chi connectivity index (χ1v) is 13.1. The minimum Gasteiger partial charge on any atom is -0.481 e. The smallest absolute Gasteiger partial charge is 0.303 e. The van der Waals surface area contributed by atoms with E-state index in [0.717, 1.165) is 16.3 Å². The third-order valence-corrected chi connectivity index (χ3v) is 6.25. The molecular weight excluding hydrogens is 512 g/mol. The van der Waals surface area contributed by atoms with Gasteiger partial charge in [-0.3, -0.25) is 24.0 Å². The monoisotopic (exact) mass is 546 g/mol. The summed E-state index contributed by atoms with van der Waals surface area (Å²) in [5.74, 6) is -3.03. The molecule has 3 atom stereocenters. The van der Waals surface area contributed by atoms with E-state index in [4.69, 9.17) is 5.11 Å². The predicted molar refractivity (Wildman–Crippen MR) is 151 cm³/mol. The number of fused-ring (bicyclic) bond motifs is 1. The summed E-state index contributed by atoms with van der Waals surface area (Å²) in [6.07, 6.45) is 0.199. The van der Waals surface area contributed by atoms with Crippen LogP contribution in [0.2, 0.25) is 0 Å². The Kier molecular flexibility index (Phi) is 10.8. The molecule has 10 nitrogen and oxygen atoms in total. The fourth-order valence-corrected chi connectivity index (χ4v) is 4.04. The lowest BCUT2D eigenvalue weighted by Crippen LogP contribution is -2.55. The van der Waals surface area contributed by atoms with E-state index < -0.39 is 47.7 Å². The molecule has 0 radical (unpaired) electrons. The molecule has 0 bridgehead atoms. The van der Waals surface area contributed by atoms with E-state index in [-0.39, 0.29) is 25.7 Å². The molecule has 40 heavy (non-hydrogen) atoms. The van der Waals surface area contributed by atoms with Gasteiger partial charge in [0, 0.05) is 24.9 Å². The van der Waals surface area contributed by atoms with Gasteiger partial charge in [-0.05, 0) is 48.7 Å². The summed E-state index contributed by atoms with van der Waals surface area (Å²) in [7, 11) is 0. The van der Waals surface area contributed by atoms with Crippen LogP contribution in [0.15, 0.2) is 72.8 Å². The highest BCUT2D eigenvalue weighted by Gasteiger charge is 2.26. The summed E-state index contributed by atoms with van der Waals surface area (Å²) >= 11 is 0. The molecular formula is C30H34N4O6. The van der Waals surface area contributed by atoms with Crippen LogP contribution in [0.3, 0.4) is 0 Å². The topological polar surface area (TPSA) is 154 Å². The number of hydrogen-bond donors (Lipinski definition) is 5. The maximum absolute atomic E-state index is 13.3. The number of rotatable bonds is 13. The van der Waals surface area contributed by atoms with Crippen molar-refractivity contribution in [2.24, 2.45) is 0 Å². The van der Waals surface area contributed by atoms with Crippen molar-refractivity contribution in [3.8, 4) is 0 Å². The molecule has 3 aromatic carbocycles. The van der Waals surface area contributed by atoms with Gasteiger partial charge in [-0.25, -0.2) is 0 Å². The van der Waals surface area contributed by atoms with Crippen molar-refractivity contribution < 1.29 is 29.1 Å². The number of carboxylic acids is 1. The van der Waals surface area contributed by atoms with E-state index in [1.165, 1.54) is 13.8 Å². The lowest BCUT2D eigenvalue weighted by atomic mass is 10.0. The van der Waals surface area contributed by atoms with Crippen LogP contribution in [-0.2, 0) is 30.4 Å². The standard InChI is InChI=1S/C30H34N4O6/c1-19(31-26(35)13-8-14-27(36)37)28(38)32-20(2)29(39)34-25(17-21-9-4-3-5-10-21)30(40)33-24-16-15-22-11-6-7-12-23(22)18-24/h3-7,9-12,15-16,18-20,25H,8,13-14,17H2,1-2H3,(H,31,35)(H,32,38)(H,33,40)(H,34,39)(H,36,37)/t19-,20-,25-/m0/s1. The van der Waals surface area contributed by atoms with Crippen LogP contribution in [0.5, 0.6) is 0 Å². The van der Waals surface area contributed by atoms with Gasteiger partial charge < -0.3 is 26.4 Å². The summed E-state index contributed by atoms with van der Waals surface area (Å²) in [6.45, 7) is 2.94. The Morgan fingerprint density at radius 3 is 2.02 bits per heavy atom. The molecule has 210 valence electrons. The van der Waals surface area contributed by atoms with E-state index in [1.54, 1.807) is 6.07 Å². The second-order valence-electron chi connectivity index (χ2n) is 9.57. The normalized spacial score (nSPS) is 12.9. The fraction of sp³-hybridized carbons (Fsp3) is 0.300. The summed E-state index contributed by atoms with van der Waals surface area (Å²) in [4.78, 5) is 61.4. The lowest BCUT2D eigenvalue weighted by molar-refractivity contribution is -0.137. The van der Waals surface area contributed by atoms with Crippen molar-refractivity contribution >= 4 is 46.1 Å². The maximum atomic E-state index is 13.3. The quantitative estimate of drug-likeness (QED) is 0.222. The Labute approximate surface area is 232 Å². The maximum Gasteiger partial charge on any atom is 0.303 e. The molecule has 10 heteroatoms. The third-order valence-electron chi connectivity index (χ3n) is 6.25. The van der Waals surface area contributed by atoms with E-state index in [0.29, 0.717) is 5.69 Å². The van der Waals surface area contributed by atoms with Crippen molar-refractivity contribution in [2.45, 2.75) is 57.7 Å². The molecule has 0 aliphatic rings. The highest BCUT2D eigenvalue weighted by Crippen LogP contribution is 2.19. The number of nitrogens with one attached hydrogen (secondary N) is 4. The molecule has 0 aliphatic carbocycles. The first-order chi connectivity index (χ1) is 19.1. The van der Waals surface area contributed by atoms with E-state index >= 15 is 0 Å². The largest absolute Gasteiger partial charge is 0.481 e. The number of carbonyl (C=O) groups is 5. The number of carboxylic acid groups (broad SMARTS) is 1. The first kappa shape index (κ1) is 29.8. The van der Waals surface area contributed by atoms with Crippen LogP contribution in [0.4, 0.5) is 5.69 Å². The molecule has 0 unspecified atom stereocenters. The molecule has 5 N–H and O–H groups in total. The molecule has 3 aromatic rings. The SMILES string of the molecule is C[C@H](NC(=O)CCCC(=O)O)C(=O)N[C@@H](C)C(=O)N[C@@H](Cc1ccccc1)C(=O)Nc1ccc2ccccc2c1. The summed E-state index contributed by atoms with van der Waals surface area (Å²) in [6, 6.07) is 19.7. The summed E-state index contributed by atoms with van der Waals surface area (Å²) in [5, 5.41) is 21.3. The van der Waals surface area contributed by atoms with Crippen molar-refractivity contribution in [1.29, 1.82) is 0 Å². The molecule has 0 saturated heterocycles. The highest BCUT2D eigenvalue weighted by atomic mass is 16.4. The van der Waals surface area contributed by atoms with Crippen molar-refractivity contribution in [1.82, 2.24) is 16.0 Å². The second-order valence-corrected chi connectivity index (χ2v) is 9.57. The van der Waals surface area contributed by atoms with Crippen LogP contribution in [-0.4, -0.2) is 52.8 Å². The molecule has 0 spiro atoms. The van der Waals surface area contributed by atoms with E-state index in [2.05, 4.69) is 21.3 Å². The molecule has 0 aliphatic heterocycles. The number of amides is 4. The summed E-state index contributed by atoms with van der Waals surface area (Å²) < 4.78 is 0. The van der Waals surface area contributed by atoms with Gasteiger partial charge in [0.2, 0.25) is 23.6 Å². The number of carbonyl (C=O) groups excluding carboxylic acids is 4. The van der Waals surface area contributed by atoms with E-state index in [1.807, 2.05) is 66.7 Å². The van der Waals surface area contributed by atoms with Gasteiger partial charge in [-0.1, -0.05) is 60.7 Å². The van der Waals surface area contributed by atoms with Crippen LogP contribution in [0.1, 0.15) is 38.7 Å². The molecule has 0 heterocycles. The van der Waals surface area contributed by atoms with Crippen LogP contribution >= 0.6 is 0 Å². The zero-order valence-electron chi connectivity index (χ0n) is 22.5. The Morgan fingerprint density at radius 1 is 0.700 bits per heavy atom. The molecule has 0 aromatic heterocycles. The number of hydrogen-bond acceptors (Lipinski definition) is 5. The van der Waals surface area contributed by atoms with Crippen molar-refractivity contribution in [3.63, 3.8) is 0 Å². The van der Waals surface area contributed by atoms with Gasteiger partial charge in [0.1, 0.15) is 18.1 Å². The Hall–Kier alpha value is -4.73. The number of aliphatic carboxylic acids is 1. The van der Waals surface area contributed by atoms with Gasteiger partial charge in [-0.2, -0.15) is 0 Å². The van der Waals surface area contributed by atoms with Crippen molar-refractivity contribution in [2.75, 3.05) is 5.32 Å². The Morgan fingerprint density at radius 2 is 1.32 bits per heavy atom. The summed E-state index contributed by atoms with van der Waals surface area (Å²) in [5.41, 5.74) is 1.43. The van der Waals surface area contributed by atoms with Gasteiger partial charge in [-0.15, -0.1) is 0 Å². The zero-order chi connectivity index (χ0) is 29.1. The van der Waals surface area contributed by atoms with Crippen LogP contribution in [0.25, 0.3) is 10.8 Å². The van der Waals surface area contributed by atoms with Crippen LogP contribution < -0.4 is 21.3 Å². The van der Waals surface area contributed by atoms with Crippen LogP contribution in [0, 0.1) is 0 Å². The van der Waals surface area contributed by atoms with Crippen molar-refractivity contribution in [3.05, 3.63) is 78.4 Å². The van der Waals surface area contributed by atoms with Gasteiger partial charge >= 0.3 is 5.97 Å². The third kappa shape index (κ3) is 9.23. The number of anilines is 1. The molecule has 4 amide bonds. The van der Waals surface area contributed by atoms with Gasteiger partial charge in [0.15, 0.2) is 0 Å². The van der Waals surface area contributed by atoms with E-state index in [9.17, 15) is 24.0 Å². The van der Waals surface area contributed by atoms with Gasteiger partial charge in [0.05, 0.1) is 0 Å². The lowest BCUT2D eigenvalue weighted by Gasteiger charge is -2.23. The number of benzene rings is 3. The Bertz CT molecular complexity index is 1360. The predicted octanol–water partition coefficient (Wildman–Crippen LogP) is 2.77. The molecule has 3 rings (SSSR count). The Balaban J connectivity index is 1.62. The first-order valence-electron chi connectivity index (χ1n) is 13.1.